The molecule has 1 aromatic carbocycles. The molecule has 7 heteroatoms. The van der Waals surface area contributed by atoms with Crippen LogP contribution in [0.4, 0.5) is 5.69 Å². The Morgan fingerprint density at radius 3 is 2.62 bits per heavy atom. The second-order valence-corrected chi connectivity index (χ2v) is 6.84. The molecule has 0 spiro atoms. The molecule has 1 fully saturated rings. The second-order valence-electron chi connectivity index (χ2n) is 6.84. The zero-order valence-corrected chi connectivity index (χ0v) is 15.4. The smallest absolute Gasteiger partial charge is 0.239 e. The minimum atomic E-state index is -0.674. The fourth-order valence-electron chi connectivity index (χ4n) is 3.49. The van der Waals surface area contributed by atoms with Gasteiger partial charge in [-0.25, -0.2) is 0 Å². The van der Waals surface area contributed by atoms with Crippen molar-refractivity contribution in [1.29, 1.82) is 0 Å². The van der Waals surface area contributed by atoms with Crippen LogP contribution in [0, 0.1) is 5.92 Å². The monoisotopic (exact) mass is 361 g/mol. The Balaban J connectivity index is 1.73. The first kappa shape index (κ1) is 18.5. The lowest BCUT2D eigenvalue weighted by Crippen LogP contribution is -2.55. The number of ether oxygens (including phenoxy) is 2. The van der Waals surface area contributed by atoms with Crippen molar-refractivity contribution in [3.63, 3.8) is 0 Å². The summed E-state index contributed by atoms with van der Waals surface area (Å²) in [5.41, 5.74) is 6.14. The van der Waals surface area contributed by atoms with Crippen LogP contribution in [-0.2, 0) is 9.59 Å². The molecule has 0 saturated carbocycles. The van der Waals surface area contributed by atoms with E-state index in [2.05, 4.69) is 5.32 Å². The molecule has 0 aliphatic carbocycles. The molecule has 0 radical (unpaired) electrons. The Labute approximate surface area is 153 Å². The first-order valence-corrected chi connectivity index (χ1v) is 9.26. The number of hydrogen-bond acceptors (Lipinski definition) is 5. The second kappa shape index (κ2) is 7.53. The molecule has 2 aliphatic heterocycles. The summed E-state index contributed by atoms with van der Waals surface area (Å²) in [5.74, 6) is 0.224. The van der Waals surface area contributed by atoms with Gasteiger partial charge < -0.3 is 25.4 Å². The lowest BCUT2D eigenvalue weighted by Gasteiger charge is -2.32. The van der Waals surface area contributed by atoms with Gasteiger partial charge in [0.15, 0.2) is 11.5 Å². The highest BCUT2D eigenvalue weighted by Crippen LogP contribution is 2.36. The van der Waals surface area contributed by atoms with Gasteiger partial charge in [-0.2, -0.15) is 0 Å². The van der Waals surface area contributed by atoms with E-state index in [1.165, 1.54) is 0 Å². The van der Waals surface area contributed by atoms with Crippen molar-refractivity contribution in [2.75, 3.05) is 31.2 Å². The van der Waals surface area contributed by atoms with Gasteiger partial charge in [-0.05, 0) is 31.4 Å². The highest BCUT2D eigenvalue weighted by atomic mass is 16.6. The molecule has 3 rings (SSSR count). The van der Waals surface area contributed by atoms with Crippen molar-refractivity contribution in [3.8, 4) is 11.5 Å². The molecular weight excluding hydrogens is 334 g/mol. The fourth-order valence-corrected chi connectivity index (χ4v) is 3.49. The highest BCUT2D eigenvalue weighted by molar-refractivity contribution is 6.09. The van der Waals surface area contributed by atoms with Gasteiger partial charge in [0.05, 0.1) is 5.54 Å². The molecule has 7 nitrogen and oxygen atoms in total. The Morgan fingerprint density at radius 1 is 1.27 bits per heavy atom. The molecule has 1 unspecified atom stereocenters. The van der Waals surface area contributed by atoms with Crippen LogP contribution in [0.25, 0.3) is 0 Å². The number of carbonyl (C=O) groups is 2. The highest BCUT2D eigenvalue weighted by Gasteiger charge is 2.40. The third-order valence-corrected chi connectivity index (χ3v) is 5.49. The third-order valence-electron chi connectivity index (χ3n) is 5.49. The molecule has 2 amide bonds. The van der Waals surface area contributed by atoms with Crippen LogP contribution in [0.5, 0.6) is 11.5 Å². The topological polar surface area (TPSA) is 93.9 Å². The van der Waals surface area contributed by atoms with Crippen molar-refractivity contribution < 1.29 is 19.1 Å². The van der Waals surface area contributed by atoms with E-state index in [0.717, 1.165) is 18.5 Å². The van der Waals surface area contributed by atoms with E-state index < -0.39 is 11.5 Å². The number of hydrogen-bond donors (Lipinski definition) is 2. The lowest BCUT2D eigenvalue weighted by atomic mass is 9.91. The molecule has 1 saturated heterocycles. The number of carbonyl (C=O) groups excluding carboxylic acids is 2. The molecule has 3 N–H and O–H groups in total. The number of benzene rings is 1. The summed E-state index contributed by atoms with van der Waals surface area (Å²) < 4.78 is 11.1. The summed E-state index contributed by atoms with van der Waals surface area (Å²) >= 11 is 0. The maximum atomic E-state index is 12.8. The summed E-state index contributed by atoms with van der Waals surface area (Å²) in [5, 5.41) is 3.02. The molecule has 26 heavy (non-hydrogen) atoms. The van der Waals surface area contributed by atoms with Gasteiger partial charge in [0.25, 0.3) is 0 Å². The summed E-state index contributed by atoms with van der Waals surface area (Å²) in [6, 6.07) is 5.43. The maximum Gasteiger partial charge on any atom is 0.239 e. The molecule has 0 aromatic heterocycles. The van der Waals surface area contributed by atoms with Gasteiger partial charge in [-0.15, -0.1) is 0 Å². The van der Waals surface area contributed by atoms with Gasteiger partial charge >= 0.3 is 0 Å². The van der Waals surface area contributed by atoms with Gasteiger partial charge in [-0.3, -0.25) is 9.59 Å². The van der Waals surface area contributed by atoms with E-state index in [9.17, 15) is 9.59 Å². The largest absolute Gasteiger partial charge is 0.486 e. The number of fused-ring (bicyclic) bond motifs is 1. The number of nitrogens with two attached hydrogens (primary N) is 1. The average molecular weight is 361 g/mol. The zero-order chi connectivity index (χ0) is 18.7. The molecule has 2 heterocycles. The Hall–Kier alpha value is -2.28. The number of nitrogens with zero attached hydrogens (tertiary/aromatic N) is 1. The van der Waals surface area contributed by atoms with Crippen molar-refractivity contribution >= 4 is 17.5 Å². The maximum absolute atomic E-state index is 12.8. The van der Waals surface area contributed by atoms with Crippen molar-refractivity contribution in [2.24, 2.45) is 11.7 Å². The summed E-state index contributed by atoms with van der Waals surface area (Å²) in [4.78, 5) is 27.2. The average Bonchev–Trinajstić information content (AvgIpc) is 3.07. The predicted octanol–water partition coefficient (Wildman–Crippen LogP) is 1.44. The van der Waals surface area contributed by atoms with Crippen molar-refractivity contribution in [3.05, 3.63) is 18.2 Å². The minimum Gasteiger partial charge on any atom is -0.486 e. The fraction of sp³-hybridized carbons (Fsp3) is 0.579. The first-order valence-electron chi connectivity index (χ1n) is 9.26. The lowest BCUT2D eigenvalue weighted by molar-refractivity contribution is -0.133. The number of nitrogens with one attached hydrogen (secondary N) is 1. The summed E-state index contributed by atoms with van der Waals surface area (Å²) in [6.45, 7) is 5.87. The van der Waals surface area contributed by atoms with E-state index in [1.807, 2.05) is 19.9 Å². The molecule has 1 aromatic rings. The Morgan fingerprint density at radius 2 is 1.96 bits per heavy atom. The predicted molar refractivity (Wildman–Crippen MR) is 98.4 cm³/mol. The van der Waals surface area contributed by atoms with Crippen molar-refractivity contribution in [2.45, 2.75) is 38.6 Å². The van der Waals surface area contributed by atoms with E-state index in [4.69, 9.17) is 15.2 Å². The van der Waals surface area contributed by atoms with E-state index in [1.54, 1.807) is 17.0 Å². The van der Waals surface area contributed by atoms with E-state index in [0.29, 0.717) is 44.2 Å². The van der Waals surface area contributed by atoms with Crippen LogP contribution < -0.4 is 25.4 Å². The van der Waals surface area contributed by atoms with Crippen LogP contribution in [0.15, 0.2) is 18.2 Å². The van der Waals surface area contributed by atoms with Crippen molar-refractivity contribution in [1.82, 2.24) is 5.32 Å². The SMILES string of the molecule is CCC(CC)(CN)NC(=O)C1CCN(c2ccc3c(c2)OCCO3)C1=O. The van der Waals surface area contributed by atoms with Gasteiger partial charge in [0, 0.05) is 24.8 Å². The standard InChI is InChI=1S/C19H27N3O4/c1-3-19(4-2,12-20)21-17(23)14-7-8-22(18(14)24)13-5-6-15-16(11-13)26-10-9-25-15/h5-6,11,14H,3-4,7-10,12,20H2,1-2H3,(H,21,23). The summed E-state index contributed by atoms with van der Waals surface area (Å²) in [7, 11) is 0. The van der Waals surface area contributed by atoms with Crippen LogP contribution in [0.1, 0.15) is 33.1 Å². The number of rotatable bonds is 6. The van der Waals surface area contributed by atoms with E-state index in [-0.39, 0.29) is 11.8 Å². The van der Waals surface area contributed by atoms with Crippen LogP contribution >= 0.6 is 0 Å². The van der Waals surface area contributed by atoms with Gasteiger partial charge in [0.2, 0.25) is 11.8 Å². The van der Waals surface area contributed by atoms with E-state index >= 15 is 0 Å². The number of anilines is 1. The van der Waals surface area contributed by atoms with Gasteiger partial charge in [0.1, 0.15) is 19.1 Å². The molecular formula is C19H27N3O4. The normalized spacial score (nSPS) is 19.6. The van der Waals surface area contributed by atoms with Gasteiger partial charge in [-0.1, -0.05) is 13.8 Å². The molecule has 2 aliphatic rings. The van der Waals surface area contributed by atoms with Crippen LogP contribution in [0.2, 0.25) is 0 Å². The molecule has 1 atom stereocenters. The summed E-state index contributed by atoms with van der Waals surface area (Å²) in [6.07, 6.45) is 1.96. The molecule has 0 bridgehead atoms. The number of amides is 2. The van der Waals surface area contributed by atoms with Crippen LogP contribution in [-0.4, -0.2) is 43.7 Å². The van der Waals surface area contributed by atoms with Crippen LogP contribution in [0.3, 0.4) is 0 Å². The Kier molecular flexibility index (Phi) is 5.36. The molecule has 142 valence electrons. The third kappa shape index (κ3) is 3.35. The first-order chi connectivity index (χ1) is 12.5. The Bertz CT molecular complexity index is 679. The zero-order valence-electron chi connectivity index (χ0n) is 15.4. The minimum absolute atomic E-state index is 0.183. The quantitative estimate of drug-likeness (QED) is 0.748.